The van der Waals surface area contributed by atoms with Gasteiger partial charge in [-0.3, -0.25) is 4.79 Å². The minimum atomic E-state index is 0.0995. The highest BCUT2D eigenvalue weighted by Crippen LogP contribution is 2.59. The Hall–Kier alpha value is -2.04. The standard InChI is InChI=1S/C15H19N3O2/c16-12(18-20)7-8-17-15(19)14-11-6-5-9-3-1-2-4-10(9)13(11)14/h1-4,11,13-14,20H,5-8H2,(H2,16,18)(H,17,19). The molecule has 1 fully saturated rings. The molecule has 0 heterocycles. The molecular formula is C15H19N3O2. The fourth-order valence-electron chi connectivity index (χ4n) is 3.41. The number of amidine groups is 1. The van der Waals surface area contributed by atoms with E-state index in [4.69, 9.17) is 10.9 Å². The van der Waals surface area contributed by atoms with Crippen LogP contribution in [0.5, 0.6) is 0 Å². The third-order valence-electron chi connectivity index (χ3n) is 4.44. The van der Waals surface area contributed by atoms with Crippen LogP contribution in [0, 0.1) is 11.8 Å². The number of nitrogens with one attached hydrogen (secondary N) is 1. The van der Waals surface area contributed by atoms with Gasteiger partial charge in [0.15, 0.2) is 0 Å². The summed E-state index contributed by atoms with van der Waals surface area (Å²) in [6, 6.07) is 8.42. The largest absolute Gasteiger partial charge is 0.409 e. The number of carbonyl (C=O) groups is 1. The second kappa shape index (κ2) is 5.15. The van der Waals surface area contributed by atoms with Crippen LogP contribution >= 0.6 is 0 Å². The van der Waals surface area contributed by atoms with Gasteiger partial charge < -0.3 is 16.3 Å². The molecule has 0 aliphatic heterocycles. The maximum absolute atomic E-state index is 12.2. The van der Waals surface area contributed by atoms with Crippen molar-refractivity contribution in [2.45, 2.75) is 25.2 Å². The fraction of sp³-hybridized carbons (Fsp3) is 0.467. The highest BCUT2D eigenvalue weighted by Gasteiger charge is 2.56. The van der Waals surface area contributed by atoms with Crippen molar-refractivity contribution < 1.29 is 10.0 Å². The van der Waals surface area contributed by atoms with Crippen molar-refractivity contribution in [2.24, 2.45) is 22.7 Å². The van der Waals surface area contributed by atoms with Crippen molar-refractivity contribution in [3.63, 3.8) is 0 Å². The van der Waals surface area contributed by atoms with Gasteiger partial charge in [0.05, 0.1) is 0 Å². The number of amides is 1. The molecule has 3 atom stereocenters. The minimum Gasteiger partial charge on any atom is -0.409 e. The van der Waals surface area contributed by atoms with Crippen LogP contribution in [0.3, 0.4) is 0 Å². The third-order valence-corrected chi connectivity index (χ3v) is 4.44. The molecule has 3 rings (SSSR count). The first-order chi connectivity index (χ1) is 9.72. The van der Waals surface area contributed by atoms with Crippen molar-refractivity contribution in [1.29, 1.82) is 0 Å². The summed E-state index contributed by atoms with van der Waals surface area (Å²) in [5.74, 6) is 1.23. The van der Waals surface area contributed by atoms with Gasteiger partial charge in [0.1, 0.15) is 5.84 Å². The number of carbonyl (C=O) groups excluding carboxylic acids is 1. The molecule has 2 aliphatic carbocycles. The Bertz CT molecular complexity index is 556. The van der Waals surface area contributed by atoms with Crippen LogP contribution in [0.4, 0.5) is 0 Å². The van der Waals surface area contributed by atoms with Gasteiger partial charge in [0.2, 0.25) is 5.91 Å². The maximum Gasteiger partial charge on any atom is 0.224 e. The first-order valence-electron chi connectivity index (χ1n) is 7.04. The van der Waals surface area contributed by atoms with Crippen LogP contribution in [0.25, 0.3) is 0 Å². The summed E-state index contributed by atoms with van der Waals surface area (Å²) in [7, 11) is 0. The second-order valence-corrected chi connectivity index (χ2v) is 5.59. The Morgan fingerprint density at radius 3 is 3.05 bits per heavy atom. The number of nitrogens with two attached hydrogens (primary N) is 1. The number of aryl methyl sites for hydroxylation is 1. The zero-order valence-corrected chi connectivity index (χ0v) is 11.2. The van der Waals surface area contributed by atoms with Crippen molar-refractivity contribution in [3.05, 3.63) is 35.4 Å². The van der Waals surface area contributed by atoms with E-state index in [-0.39, 0.29) is 17.7 Å². The Morgan fingerprint density at radius 2 is 2.25 bits per heavy atom. The van der Waals surface area contributed by atoms with E-state index in [1.807, 2.05) is 6.07 Å². The minimum absolute atomic E-state index is 0.0995. The van der Waals surface area contributed by atoms with Gasteiger partial charge in [-0.15, -0.1) is 0 Å². The SMILES string of the molecule is N/C(CCNC(=O)C1C2CCc3ccccc3C21)=N/O. The molecule has 1 saturated carbocycles. The zero-order valence-electron chi connectivity index (χ0n) is 11.2. The molecule has 5 nitrogen and oxygen atoms in total. The molecule has 5 heteroatoms. The van der Waals surface area contributed by atoms with Gasteiger partial charge in [-0.05, 0) is 35.8 Å². The van der Waals surface area contributed by atoms with Crippen LogP contribution in [0.2, 0.25) is 0 Å². The Balaban J connectivity index is 1.60. The predicted molar refractivity (Wildman–Crippen MR) is 75.5 cm³/mol. The third kappa shape index (κ3) is 2.24. The number of benzene rings is 1. The Labute approximate surface area is 117 Å². The monoisotopic (exact) mass is 273 g/mol. The molecule has 0 bridgehead atoms. The molecular weight excluding hydrogens is 254 g/mol. The Kier molecular flexibility index (Phi) is 3.34. The molecule has 1 aromatic carbocycles. The average molecular weight is 273 g/mol. The quantitative estimate of drug-likeness (QED) is 0.333. The van der Waals surface area contributed by atoms with Gasteiger partial charge in [-0.1, -0.05) is 29.4 Å². The molecule has 1 aromatic rings. The second-order valence-electron chi connectivity index (χ2n) is 5.59. The number of rotatable bonds is 4. The number of nitrogens with zero attached hydrogens (tertiary/aromatic N) is 1. The molecule has 4 N–H and O–H groups in total. The molecule has 1 amide bonds. The predicted octanol–water partition coefficient (Wildman–Crippen LogP) is 1.22. The van der Waals surface area contributed by atoms with Crippen molar-refractivity contribution in [2.75, 3.05) is 6.54 Å². The molecule has 0 spiro atoms. The van der Waals surface area contributed by atoms with E-state index in [9.17, 15) is 4.79 Å². The smallest absolute Gasteiger partial charge is 0.224 e. The molecule has 0 radical (unpaired) electrons. The summed E-state index contributed by atoms with van der Waals surface area (Å²) in [4.78, 5) is 12.2. The summed E-state index contributed by atoms with van der Waals surface area (Å²) in [6.07, 6.45) is 2.55. The number of hydrogen-bond acceptors (Lipinski definition) is 3. The van der Waals surface area contributed by atoms with E-state index in [0.29, 0.717) is 24.8 Å². The van der Waals surface area contributed by atoms with Crippen LogP contribution in [-0.2, 0) is 11.2 Å². The van der Waals surface area contributed by atoms with Crippen LogP contribution in [0.1, 0.15) is 29.9 Å². The normalized spacial score (nSPS) is 27.4. The summed E-state index contributed by atoms with van der Waals surface area (Å²) in [5.41, 5.74) is 8.12. The molecule has 0 aromatic heterocycles. The summed E-state index contributed by atoms with van der Waals surface area (Å²) >= 11 is 0. The van der Waals surface area contributed by atoms with Gasteiger partial charge in [-0.25, -0.2) is 0 Å². The summed E-state index contributed by atoms with van der Waals surface area (Å²) in [5, 5.41) is 14.2. The van der Waals surface area contributed by atoms with E-state index in [0.717, 1.165) is 12.8 Å². The van der Waals surface area contributed by atoms with Gasteiger partial charge in [0.25, 0.3) is 0 Å². The molecule has 0 saturated heterocycles. The lowest BCUT2D eigenvalue weighted by molar-refractivity contribution is -0.122. The number of hydrogen-bond donors (Lipinski definition) is 3. The van der Waals surface area contributed by atoms with Crippen molar-refractivity contribution >= 4 is 11.7 Å². The Morgan fingerprint density at radius 1 is 1.45 bits per heavy atom. The summed E-state index contributed by atoms with van der Waals surface area (Å²) < 4.78 is 0. The van der Waals surface area contributed by atoms with Crippen molar-refractivity contribution in [3.8, 4) is 0 Å². The summed E-state index contributed by atoms with van der Waals surface area (Å²) in [6.45, 7) is 0.423. The van der Waals surface area contributed by atoms with Gasteiger partial charge in [0, 0.05) is 18.9 Å². The van der Waals surface area contributed by atoms with E-state index >= 15 is 0 Å². The van der Waals surface area contributed by atoms with E-state index < -0.39 is 0 Å². The van der Waals surface area contributed by atoms with Crippen LogP contribution in [0.15, 0.2) is 29.4 Å². The topological polar surface area (TPSA) is 87.7 Å². The van der Waals surface area contributed by atoms with Crippen LogP contribution in [-0.4, -0.2) is 23.5 Å². The first-order valence-corrected chi connectivity index (χ1v) is 7.04. The lowest BCUT2D eigenvalue weighted by Gasteiger charge is -2.13. The number of oxime groups is 1. The van der Waals surface area contributed by atoms with E-state index in [1.165, 1.54) is 11.1 Å². The molecule has 20 heavy (non-hydrogen) atoms. The first kappa shape index (κ1) is 13.0. The zero-order chi connectivity index (χ0) is 14.1. The number of fused-ring (bicyclic) bond motifs is 3. The highest BCUT2D eigenvalue weighted by molar-refractivity contribution is 5.85. The molecule has 2 aliphatic rings. The van der Waals surface area contributed by atoms with Crippen LogP contribution < -0.4 is 11.1 Å². The van der Waals surface area contributed by atoms with Gasteiger partial charge in [-0.2, -0.15) is 0 Å². The van der Waals surface area contributed by atoms with Gasteiger partial charge >= 0.3 is 0 Å². The lowest BCUT2D eigenvalue weighted by atomic mass is 9.92. The maximum atomic E-state index is 12.2. The highest BCUT2D eigenvalue weighted by atomic mass is 16.4. The average Bonchev–Trinajstić information content (AvgIpc) is 3.22. The van der Waals surface area contributed by atoms with E-state index in [2.05, 4.69) is 28.7 Å². The van der Waals surface area contributed by atoms with E-state index in [1.54, 1.807) is 0 Å². The molecule has 3 unspecified atom stereocenters. The molecule has 106 valence electrons. The lowest BCUT2D eigenvalue weighted by Crippen LogP contribution is -2.29. The fourth-order valence-corrected chi connectivity index (χ4v) is 3.41. The van der Waals surface area contributed by atoms with Crippen molar-refractivity contribution in [1.82, 2.24) is 5.32 Å².